The average Bonchev–Trinajstić information content (AvgIpc) is 2.34. The maximum absolute atomic E-state index is 13.0. The molecule has 1 unspecified atom stereocenters. The van der Waals surface area contributed by atoms with Gasteiger partial charge in [-0.3, -0.25) is 4.79 Å². The fourth-order valence-electron chi connectivity index (χ4n) is 1.89. The molecule has 4 heteroatoms. The minimum absolute atomic E-state index is 0.174. The Hall–Kier alpha value is -1.42. The van der Waals surface area contributed by atoms with Crippen molar-refractivity contribution in [3.63, 3.8) is 0 Å². The Morgan fingerprint density at radius 3 is 2.26 bits per heavy atom. The van der Waals surface area contributed by atoms with Gasteiger partial charge in [0.05, 0.1) is 12.1 Å². The van der Waals surface area contributed by atoms with Crippen LogP contribution in [0.2, 0.25) is 0 Å². The topological polar surface area (TPSA) is 55.1 Å². The van der Waals surface area contributed by atoms with Crippen LogP contribution in [0.1, 0.15) is 45.7 Å². The number of halogens is 1. The zero-order valence-electron chi connectivity index (χ0n) is 12.0. The lowest BCUT2D eigenvalue weighted by atomic mass is 9.82. The Morgan fingerprint density at radius 1 is 1.32 bits per heavy atom. The van der Waals surface area contributed by atoms with E-state index >= 15 is 0 Å². The molecule has 0 aliphatic heterocycles. The number of rotatable bonds is 4. The van der Waals surface area contributed by atoms with E-state index in [1.54, 1.807) is 12.1 Å². The molecule has 2 atom stereocenters. The molecule has 1 amide bonds. The van der Waals surface area contributed by atoms with Crippen LogP contribution in [0.15, 0.2) is 24.3 Å². The third-order valence-corrected chi connectivity index (χ3v) is 3.13. The third-order valence-electron chi connectivity index (χ3n) is 3.13. The summed E-state index contributed by atoms with van der Waals surface area (Å²) >= 11 is 0. The third kappa shape index (κ3) is 4.31. The minimum atomic E-state index is -0.509. The quantitative estimate of drug-likeness (QED) is 0.880. The van der Waals surface area contributed by atoms with Gasteiger partial charge in [-0.2, -0.15) is 0 Å². The summed E-state index contributed by atoms with van der Waals surface area (Å²) < 4.78 is 13.0. The first-order valence-electron chi connectivity index (χ1n) is 6.57. The smallest absolute Gasteiger partial charge is 0.237 e. The van der Waals surface area contributed by atoms with Gasteiger partial charge in [0.15, 0.2) is 0 Å². The van der Waals surface area contributed by atoms with Crippen LogP contribution in [0, 0.1) is 11.2 Å². The lowest BCUT2D eigenvalue weighted by Crippen LogP contribution is -2.45. The summed E-state index contributed by atoms with van der Waals surface area (Å²) in [6, 6.07) is 5.50. The summed E-state index contributed by atoms with van der Waals surface area (Å²) in [5.74, 6) is -0.459. The van der Waals surface area contributed by atoms with E-state index in [0.717, 1.165) is 5.56 Å². The second-order valence-electron chi connectivity index (χ2n) is 5.87. The van der Waals surface area contributed by atoms with E-state index in [1.807, 2.05) is 27.7 Å². The Bertz CT molecular complexity index is 423. The number of hydrogen-bond donors (Lipinski definition) is 2. The fraction of sp³-hybridized carbons (Fsp3) is 0.533. The van der Waals surface area contributed by atoms with E-state index in [4.69, 9.17) is 5.73 Å². The molecule has 106 valence electrons. The molecule has 1 aromatic rings. The number of nitrogens with two attached hydrogens (primary N) is 1. The summed E-state index contributed by atoms with van der Waals surface area (Å²) in [7, 11) is 0. The van der Waals surface area contributed by atoms with Crippen LogP contribution in [0.5, 0.6) is 0 Å². The predicted octanol–water partition coefficient (Wildman–Crippen LogP) is 2.77. The molecule has 1 aromatic carbocycles. The molecule has 0 radical (unpaired) electrons. The number of carbonyl (C=O) groups is 1. The van der Waals surface area contributed by atoms with Gasteiger partial charge in [0.25, 0.3) is 0 Å². The van der Waals surface area contributed by atoms with Gasteiger partial charge in [0.2, 0.25) is 5.91 Å². The van der Waals surface area contributed by atoms with E-state index in [1.165, 1.54) is 12.1 Å². The molecule has 0 aliphatic carbocycles. The van der Waals surface area contributed by atoms with E-state index in [9.17, 15) is 9.18 Å². The maximum Gasteiger partial charge on any atom is 0.237 e. The van der Waals surface area contributed by atoms with Crippen LogP contribution in [0.25, 0.3) is 0 Å². The van der Waals surface area contributed by atoms with Gasteiger partial charge in [0, 0.05) is 0 Å². The summed E-state index contributed by atoms with van der Waals surface area (Å²) in [4.78, 5) is 12.0. The van der Waals surface area contributed by atoms with Gasteiger partial charge >= 0.3 is 0 Å². The van der Waals surface area contributed by atoms with Gasteiger partial charge in [-0.1, -0.05) is 39.8 Å². The first kappa shape index (κ1) is 15.6. The Morgan fingerprint density at radius 2 is 1.84 bits per heavy atom. The van der Waals surface area contributed by atoms with Crippen LogP contribution >= 0.6 is 0 Å². The highest BCUT2D eigenvalue weighted by Gasteiger charge is 2.29. The summed E-state index contributed by atoms with van der Waals surface area (Å²) in [6.45, 7) is 7.95. The highest BCUT2D eigenvalue weighted by Crippen LogP contribution is 2.32. The molecule has 3 nitrogen and oxygen atoms in total. The Balaban J connectivity index is 2.97. The molecule has 1 rings (SSSR count). The van der Waals surface area contributed by atoms with Crippen molar-refractivity contribution in [3.8, 4) is 0 Å². The van der Waals surface area contributed by atoms with Gasteiger partial charge in [-0.25, -0.2) is 4.39 Å². The molecule has 0 bridgehead atoms. The summed E-state index contributed by atoms with van der Waals surface area (Å²) in [6.07, 6.45) is 0.589. The second-order valence-corrected chi connectivity index (χ2v) is 5.87. The summed E-state index contributed by atoms with van der Waals surface area (Å²) in [5, 5.41) is 2.96. The molecule has 0 fully saturated rings. The summed E-state index contributed by atoms with van der Waals surface area (Å²) in [5.41, 5.74) is 6.44. The Kier molecular flexibility index (Phi) is 5.06. The Labute approximate surface area is 114 Å². The standard InChI is InChI=1S/C15H23FN2O/c1-5-12(17)14(19)18-13(15(2,3)4)10-6-8-11(16)9-7-10/h6-9,12-13H,5,17H2,1-4H3,(H,18,19)/t12-,13?/m0/s1. The first-order valence-corrected chi connectivity index (χ1v) is 6.57. The minimum Gasteiger partial charge on any atom is -0.347 e. The lowest BCUT2D eigenvalue weighted by molar-refractivity contribution is -0.124. The molecule has 0 aliphatic rings. The van der Waals surface area contributed by atoms with Crippen molar-refractivity contribution in [2.75, 3.05) is 0 Å². The maximum atomic E-state index is 13.0. The van der Waals surface area contributed by atoms with E-state index in [0.29, 0.717) is 6.42 Å². The van der Waals surface area contributed by atoms with Gasteiger partial charge in [-0.15, -0.1) is 0 Å². The highest BCUT2D eigenvalue weighted by atomic mass is 19.1. The second kappa shape index (κ2) is 6.15. The number of hydrogen-bond acceptors (Lipinski definition) is 2. The number of nitrogens with one attached hydrogen (secondary N) is 1. The largest absolute Gasteiger partial charge is 0.347 e. The van der Waals surface area contributed by atoms with Crippen LogP contribution in [0.3, 0.4) is 0 Å². The van der Waals surface area contributed by atoms with Crippen molar-refractivity contribution in [2.45, 2.75) is 46.2 Å². The van der Waals surface area contributed by atoms with Crippen LogP contribution < -0.4 is 11.1 Å². The monoisotopic (exact) mass is 266 g/mol. The van der Waals surface area contributed by atoms with Crippen LogP contribution in [-0.2, 0) is 4.79 Å². The first-order chi connectivity index (χ1) is 8.75. The lowest BCUT2D eigenvalue weighted by Gasteiger charge is -2.32. The number of carbonyl (C=O) groups excluding carboxylic acids is 1. The van der Waals surface area contributed by atoms with Gasteiger partial charge < -0.3 is 11.1 Å². The van der Waals surface area contributed by atoms with Crippen molar-refractivity contribution in [2.24, 2.45) is 11.1 Å². The molecule has 0 aromatic heterocycles. The molecular weight excluding hydrogens is 243 g/mol. The van der Waals surface area contributed by atoms with Gasteiger partial charge in [0.1, 0.15) is 5.82 Å². The number of benzene rings is 1. The van der Waals surface area contributed by atoms with Crippen LogP contribution in [0.4, 0.5) is 4.39 Å². The number of amides is 1. The molecular formula is C15H23FN2O. The molecule has 3 N–H and O–H groups in total. The zero-order valence-corrected chi connectivity index (χ0v) is 12.0. The molecule has 0 spiro atoms. The van der Waals surface area contributed by atoms with E-state index < -0.39 is 6.04 Å². The van der Waals surface area contributed by atoms with E-state index in [-0.39, 0.29) is 23.2 Å². The van der Waals surface area contributed by atoms with E-state index in [2.05, 4.69) is 5.32 Å². The SMILES string of the molecule is CC[C@H](N)C(=O)NC(c1ccc(F)cc1)C(C)(C)C. The van der Waals surface area contributed by atoms with Crippen molar-refractivity contribution in [3.05, 3.63) is 35.6 Å². The van der Waals surface area contributed by atoms with Crippen molar-refractivity contribution >= 4 is 5.91 Å². The fourth-order valence-corrected chi connectivity index (χ4v) is 1.89. The van der Waals surface area contributed by atoms with Crippen molar-refractivity contribution < 1.29 is 9.18 Å². The molecule has 0 heterocycles. The average molecular weight is 266 g/mol. The zero-order chi connectivity index (χ0) is 14.6. The van der Waals surface area contributed by atoms with Gasteiger partial charge in [-0.05, 0) is 29.5 Å². The molecule has 0 saturated heterocycles. The molecule has 0 saturated carbocycles. The normalized spacial score (nSPS) is 14.8. The predicted molar refractivity (Wildman–Crippen MR) is 75.0 cm³/mol. The molecule has 19 heavy (non-hydrogen) atoms. The highest BCUT2D eigenvalue weighted by molar-refractivity contribution is 5.81. The van der Waals surface area contributed by atoms with Crippen molar-refractivity contribution in [1.29, 1.82) is 0 Å². The van der Waals surface area contributed by atoms with Crippen molar-refractivity contribution in [1.82, 2.24) is 5.32 Å². The van der Waals surface area contributed by atoms with Crippen LogP contribution in [-0.4, -0.2) is 11.9 Å².